The maximum absolute atomic E-state index is 9.88. The minimum Gasteiger partial charge on any atom is -0.456 e. The molecule has 8 nitrogen and oxygen atoms in total. The number of fused-ring (bicyclic) bond motifs is 3. The number of aromatic nitrogens is 3. The normalized spacial score (nSPS) is 25.4. The monoisotopic (exact) mass is 458 g/mol. The van der Waals surface area contributed by atoms with Crippen molar-refractivity contribution in [3.8, 4) is 6.01 Å². The van der Waals surface area contributed by atoms with Gasteiger partial charge >= 0.3 is 0 Å². The van der Waals surface area contributed by atoms with Gasteiger partial charge in [-0.25, -0.2) is 4.98 Å². The summed E-state index contributed by atoms with van der Waals surface area (Å²) in [6.07, 6.45) is -1.63. The quantitative estimate of drug-likeness (QED) is 0.421. The van der Waals surface area contributed by atoms with Gasteiger partial charge in [-0.2, -0.15) is 4.98 Å². The van der Waals surface area contributed by atoms with E-state index in [0.29, 0.717) is 41.2 Å². The first kappa shape index (κ1) is 19.3. The fraction of sp³-hybridized carbons (Fsp3) is 0.333. The molecule has 0 bridgehead atoms. The molecule has 160 valence electrons. The molecule has 0 amide bonds. The van der Waals surface area contributed by atoms with E-state index in [1.54, 1.807) is 17.4 Å². The second kappa shape index (κ2) is 7.61. The van der Waals surface area contributed by atoms with Crippen LogP contribution in [0.25, 0.3) is 21.3 Å². The summed E-state index contributed by atoms with van der Waals surface area (Å²) in [5.41, 5.74) is 2.37. The molecule has 4 atom stereocenters. The Morgan fingerprint density at radius 3 is 3.03 bits per heavy atom. The first-order valence-electron chi connectivity index (χ1n) is 9.99. The van der Waals surface area contributed by atoms with E-state index in [1.165, 1.54) is 15.6 Å². The number of thiophene rings is 1. The maximum atomic E-state index is 9.88. The molecule has 0 spiro atoms. The van der Waals surface area contributed by atoms with Crippen LogP contribution >= 0.6 is 22.9 Å². The minimum absolute atomic E-state index is 0.251. The summed E-state index contributed by atoms with van der Waals surface area (Å²) in [6.45, 7) is 1.19. The summed E-state index contributed by atoms with van der Waals surface area (Å²) in [5, 5.41) is 17.1. The predicted octanol–water partition coefficient (Wildman–Crippen LogP) is 3.34. The number of rotatable bonds is 5. The van der Waals surface area contributed by atoms with Gasteiger partial charge < -0.3 is 29.6 Å². The second-order valence-corrected chi connectivity index (χ2v) is 8.98. The third-order valence-electron chi connectivity index (χ3n) is 5.66. The Labute approximate surface area is 186 Å². The highest BCUT2D eigenvalue weighted by Crippen LogP contribution is 2.31. The zero-order valence-electron chi connectivity index (χ0n) is 16.2. The van der Waals surface area contributed by atoms with Crippen LogP contribution in [0, 0.1) is 0 Å². The molecule has 4 aromatic rings. The number of hydrogen-bond donors (Lipinski definition) is 3. The maximum Gasteiger partial charge on any atom is 0.296 e. The standard InChI is InChI=1S/C21H19ClN4O4S/c22-12-5-13-20(25-19(12)23-6-10-9-31-16-4-2-1-3-11(10)16)26-21(24-13)30-15-8-29-17-14(27)7-28-18(15)17/h1-5,9,14-15,17-18,27H,6-8H2,(H2,23,24,25,26)/t14-,15-,17-,18-/m1/s1. The minimum atomic E-state index is -0.622. The topological polar surface area (TPSA) is 102 Å². The third-order valence-corrected chi connectivity index (χ3v) is 6.96. The second-order valence-electron chi connectivity index (χ2n) is 7.66. The van der Waals surface area contributed by atoms with Crippen LogP contribution in [0.4, 0.5) is 5.82 Å². The number of imidazole rings is 1. The van der Waals surface area contributed by atoms with Crippen LogP contribution in [-0.4, -0.2) is 57.7 Å². The number of aromatic amines is 1. The van der Waals surface area contributed by atoms with Crippen molar-refractivity contribution in [2.24, 2.45) is 0 Å². The van der Waals surface area contributed by atoms with E-state index < -0.39 is 6.10 Å². The third kappa shape index (κ3) is 3.42. The van der Waals surface area contributed by atoms with Gasteiger partial charge in [0, 0.05) is 11.2 Å². The number of aliphatic hydroxyl groups excluding tert-OH is 1. The Bertz CT molecular complexity index is 1260. The molecular weight excluding hydrogens is 440 g/mol. The Hall–Kier alpha value is -2.43. The Balaban J connectivity index is 1.20. The summed E-state index contributed by atoms with van der Waals surface area (Å²) in [4.78, 5) is 12.1. The van der Waals surface area contributed by atoms with Crippen LogP contribution in [0.2, 0.25) is 5.02 Å². The fourth-order valence-electron chi connectivity index (χ4n) is 4.11. The first-order valence-corrected chi connectivity index (χ1v) is 11.2. The van der Waals surface area contributed by atoms with Crippen LogP contribution in [0.5, 0.6) is 6.01 Å². The van der Waals surface area contributed by atoms with E-state index in [4.69, 9.17) is 25.8 Å². The Morgan fingerprint density at radius 1 is 1.23 bits per heavy atom. The number of anilines is 1. The lowest BCUT2D eigenvalue weighted by Crippen LogP contribution is -2.34. The summed E-state index contributed by atoms with van der Waals surface area (Å²) in [6, 6.07) is 10.4. The van der Waals surface area contributed by atoms with Gasteiger partial charge in [-0.3, -0.25) is 0 Å². The molecular formula is C21H19ClN4O4S. The summed E-state index contributed by atoms with van der Waals surface area (Å²) < 4.78 is 18.4. The first-order chi connectivity index (χ1) is 15.2. The van der Waals surface area contributed by atoms with Crippen molar-refractivity contribution in [1.29, 1.82) is 0 Å². The molecule has 2 saturated heterocycles. The SMILES string of the molecule is O[C@@H]1CO[C@H]2[C@@H]1OC[C@H]2Oc1nc2nc(NCc3csc4ccccc34)c(Cl)cc2[nH]1. The molecule has 31 heavy (non-hydrogen) atoms. The zero-order chi connectivity index (χ0) is 20.9. The lowest BCUT2D eigenvalue weighted by atomic mass is 10.1. The van der Waals surface area contributed by atoms with Crippen molar-refractivity contribution in [3.05, 3.63) is 46.3 Å². The lowest BCUT2D eigenvalue weighted by Gasteiger charge is -2.15. The molecule has 1 aromatic carbocycles. The molecule has 2 aliphatic heterocycles. The van der Waals surface area contributed by atoms with Crippen molar-refractivity contribution >= 4 is 50.0 Å². The van der Waals surface area contributed by atoms with E-state index in [9.17, 15) is 5.11 Å². The van der Waals surface area contributed by atoms with Gasteiger partial charge in [0.1, 0.15) is 24.1 Å². The van der Waals surface area contributed by atoms with E-state index in [1.807, 2.05) is 12.1 Å². The Kier molecular flexibility index (Phi) is 4.73. The summed E-state index contributed by atoms with van der Waals surface area (Å²) >= 11 is 8.17. The van der Waals surface area contributed by atoms with Crippen LogP contribution in [-0.2, 0) is 16.0 Å². The van der Waals surface area contributed by atoms with Gasteiger partial charge in [0.15, 0.2) is 11.8 Å². The number of pyridine rings is 1. The van der Waals surface area contributed by atoms with Gasteiger partial charge in [-0.05, 0) is 28.5 Å². The van der Waals surface area contributed by atoms with Gasteiger partial charge in [0.05, 0.1) is 23.8 Å². The molecule has 0 radical (unpaired) electrons. The molecule has 5 heterocycles. The number of H-pyrrole nitrogens is 1. The highest BCUT2D eigenvalue weighted by atomic mass is 35.5. The molecule has 0 aliphatic carbocycles. The van der Waals surface area contributed by atoms with Gasteiger partial charge in [0.2, 0.25) is 0 Å². The molecule has 0 saturated carbocycles. The smallest absolute Gasteiger partial charge is 0.296 e. The van der Waals surface area contributed by atoms with Crippen LogP contribution < -0.4 is 10.1 Å². The summed E-state index contributed by atoms with van der Waals surface area (Å²) in [7, 11) is 0. The van der Waals surface area contributed by atoms with Crippen molar-refractivity contribution in [1.82, 2.24) is 15.0 Å². The van der Waals surface area contributed by atoms with Crippen LogP contribution in [0.1, 0.15) is 5.56 Å². The average molecular weight is 459 g/mol. The molecule has 3 N–H and O–H groups in total. The Morgan fingerprint density at radius 2 is 2.10 bits per heavy atom. The van der Waals surface area contributed by atoms with E-state index in [0.717, 1.165) is 0 Å². The number of halogens is 1. The van der Waals surface area contributed by atoms with Gasteiger partial charge in [-0.1, -0.05) is 29.8 Å². The molecule has 0 unspecified atom stereocenters. The highest BCUT2D eigenvalue weighted by molar-refractivity contribution is 7.17. The number of aliphatic hydroxyl groups is 1. The average Bonchev–Trinajstić information content (AvgIpc) is 3.52. The fourth-order valence-corrected chi connectivity index (χ4v) is 5.29. The molecule has 6 rings (SSSR count). The van der Waals surface area contributed by atoms with E-state index in [2.05, 4.69) is 37.8 Å². The van der Waals surface area contributed by atoms with Gasteiger partial charge in [0.25, 0.3) is 6.01 Å². The number of nitrogens with one attached hydrogen (secondary N) is 2. The van der Waals surface area contributed by atoms with Crippen molar-refractivity contribution < 1.29 is 19.3 Å². The van der Waals surface area contributed by atoms with Crippen LogP contribution in [0.3, 0.4) is 0 Å². The number of nitrogens with zero attached hydrogens (tertiary/aromatic N) is 2. The molecule has 10 heteroatoms. The van der Waals surface area contributed by atoms with Crippen molar-refractivity contribution in [2.75, 3.05) is 18.5 Å². The number of ether oxygens (including phenoxy) is 3. The van der Waals surface area contributed by atoms with Gasteiger partial charge in [-0.15, -0.1) is 11.3 Å². The predicted molar refractivity (Wildman–Crippen MR) is 118 cm³/mol. The lowest BCUT2D eigenvalue weighted by molar-refractivity contribution is 0.00706. The van der Waals surface area contributed by atoms with Crippen LogP contribution in [0.15, 0.2) is 35.7 Å². The number of benzene rings is 1. The molecule has 2 fully saturated rings. The van der Waals surface area contributed by atoms with Crippen molar-refractivity contribution in [2.45, 2.75) is 31.0 Å². The molecule has 3 aromatic heterocycles. The number of hydrogen-bond acceptors (Lipinski definition) is 8. The highest BCUT2D eigenvalue weighted by Gasteiger charge is 2.48. The van der Waals surface area contributed by atoms with E-state index in [-0.39, 0.29) is 24.9 Å². The summed E-state index contributed by atoms with van der Waals surface area (Å²) in [5.74, 6) is 0.564. The van der Waals surface area contributed by atoms with Crippen molar-refractivity contribution in [3.63, 3.8) is 0 Å². The molecule has 2 aliphatic rings. The zero-order valence-corrected chi connectivity index (χ0v) is 17.8. The van der Waals surface area contributed by atoms with E-state index >= 15 is 0 Å². The largest absolute Gasteiger partial charge is 0.456 e.